The number of hydrogen-bond donors (Lipinski definition) is 2. The van der Waals surface area contributed by atoms with Crippen LogP contribution in [0.5, 0.6) is 0 Å². The van der Waals surface area contributed by atoms with E-state index in [9.17, 15) is 13.6 Å². The van der Waals surface area contributed by atoms with Gasteiger partial charge in [-0.15, -0.1) is 11.8 Å². The van der Waals surface area contributed by atoms with E-state index in [2.05, 4.69) is 5.32 Å². The fourth-order valence-corrected chi connectivity index (χ4v) is 2.37. The third kappa shape index (κ3) is 4.24. The van der Waals surface area contributed by atoms with Crippen LogP contribution in [0.2, 0.25) is 0 Å². The molecule has 1 amide bonds. The lowest BCUT2D eigenvalue weighted by molar-refractivity contribution is -0.113. The molecular formula is C14H12F2N2OS. The average Bonchev–Trinajstić information content (AvgIpc) is 2.35. The number of nitrogen functional groups attached to an aromatic ring is 1. The highest BCUT2D eigenvalue weighted by Crippen LogP contribution is 2.22. The molecular weight excluding hydrogens is 282 g/mol. The van der Waals surface area contributed by atoms with Crippen LogP contribution in [0.3, 0.4) is 0 Å². The van der Waals surface area contributed by atoms with Gasteiger partial charge in [0.15, 0.2) is 0 Å². The summed E-state index contributed by atoms with van der Waals surface area (Å²) in [6.07, 6.45) is 0. The summed E-state index contributed by atoms with van der Waals surface area (Å²) in [5.74, 6) is -1.09. The smallest absolute Gasteiger partial charge is 0.234 e. The van der Waals surface area contributed by atoms with E-state index in [1.54, 1.807) is 12.1 Å². The van der Waals surface area contributed by atoms with Crippen molar-refractivity contribution in [3.8, 4) is 0 Å². The lowest BCUT2D eigenvalue weighted by atomic mass is 10.3. The van der Waals surface area contributed by atoms with Gasteiger partial charge >= 0.3 is 0 Å². The molecule has 6 heteroatoms. The standard InChI is InChI=1S/C14H12F2N2OS/c15-9-2-1-3-12(5-9)18-14(19)8-20-13-6-10(16)4-11(17)7-13/h1-7H,8,17H2,(H,18,19). The third-order valence-corrected chi connectivity index (χ3v) is 3.35. The summed E-state index contributed by atoms with van der Waals surface area (Å²) in [4.78, 5) is 12.3. The Labute approximate surface area is 119 Å². The van der Waals surface area contributed by atoms with Crippen molar-refractivity contribution < 1.29 is 13.6 Å². The van der Waals surface area contributed by atoms with Gasteiger partial charge in [0.05, 0.1) is 5.75 Å². The summed E-state index contributed by atoms with van der Waals surface area (Å²) in [6.45, 7) is 0. The number of anilines is 2. The molecule has 2 aromatic carbocycles. The molecule has 0 saturated carbocycles. The molecule has 0 aliphatic carbocycles. The van der Waals surface area contributed by atoms with Gasteiger partial charge in [-0.25, -0.2) is 8.78 Å². The number of benzene rings is 2. The minimum atomic E-state index is -0.446. The molecule has 3 N–H and O–H groups in total. The minimum Gasteiger partial charge on any atom is -0.399 e. The number of nitrogens with one attached hydrogen (secondary N) is 1. The van der Waals surface area contributed by atoms with E-state index in [-0.39, 0.29) is 11.7 Å². The molecule has 20 heavy (non-hydrogen) atoms. The summed E-state index contributed by atoms with van der Waals surface area (Å²) in [7, 11) is 0. The zero-order valence-corrected chi connectivity index (χ0v) is 11.2. The lowest BCUT2D eigenvalue weighted by Gasteiger charge is -2.06. The quantitative estimate of drug-likeness (QED) is 0.672. The maximum absolute atomic E-state index is 13.1. The molecule has 0 spiro atoms. The van der Waals surface area contributed by atoms with E-state index in [0.29, 0.717) is 16.3 Å². The molecule has 0 atom stereocenters. The number of thioether (sulfide) groups is 1. The van der Waals surface area contributed by atoms with Crippen LogP contribution in [0.4, 0.5) is 20.2 Å². The van der Waals surface area contributed by atoms with E-state index < -0.39 is 11.6 Å². The van der Waals surface area contributed by atoms with Crippen LogP contribution in [0.25, 0.3) is 0 Å². The summed E-state index contributed by atoms with van der Waals surface area (Å²) < 4.78 is 26.1. The monoisotopic (exact) mass is 294 g/mol. The maximum atomic E-state index is 13.1. The van der Waals surface area contributed by atoms with Crippen molar-refractivity contribution in [2.75, 3.05) is 16.8 Å². The second-order valence-electron chi connectivity index (χ2n) is 4.07. The van der Waals surface area contributed by atoms with Crippen molar-refractivity contribution in [2.45, 2.75) is 4.90 Å². The Kier molecular flexibility index (Phi) is 4.57. The first-order valence-corrected chi connectivity index (χ1v) is 6.76. The predicted octanol–water partition coefficient (Wildman–Crippen LogP) is 3.28. The molecule has 0 aromatic heterocycles. The van der Waals surface area contributed by atoms with Crippen LogP contribution < -0.4 is 11.1 Å². The van der Waals surface area contributed by atoms with Crippen LogP contribution in [0, 0.1) is 11.6 Å². The normalized spacial score (nSPS) is 10.3. The van der Waals surface area contributed by atoms with Crippen molar-refractivity contribution in [2.24, 2.45) is 0 Å². The third-order valence-electron chi connectivity index (χ3n) is 2.37. The highest BCUT2D eigenvalue weighted by molar-refractivity contribution is 8.00. The number of nitrogens with two attached hydrogens (primary N) is 1. The van der Waals surface area contributed by atoms with Crippen LogP contribution in [-0.2, 0) is 4.79 Å². The molecule has 2 aromatic rings. The first-order valence-electron chi connectivity index (χ1n) is 5.77. The number of carbonyl (C=O) groups is 1. The average molecular weight is 294 g/mol. The van der Waals surface area contributed by atoms with Gasteiger partial charge in [0.1, 0.15) is 11.6 Å². The largest absolute Gasteiger partial charge is 0.399 e. The van der Waals surface area contributed by atoms with E-state index in [0.717, 1.165) is 11.8 Å². The van der Waals surface area contributed by atoms with Crippen molar-refractivity contribution in [3.05, 3.63) is 54.1 Å². The molecule has 0 bridgehead atoms. The minimum absolute atomic E-state index is 0.0827. The number of carbonyl (C=O) groups excluding carboxylic acids is 1. The number of rotatable bonds is 4. The van der Waals surface area contributed by atoms with Crippen molar-refractivity contribution in [1.82, 2.24) is 0 Å². The van der Waals surface area contributed by atoms with Gasteiger partial charge in [-0.05, 0) is 36.4 Å². The number of amides is 1. The summed E-state index contributed by atoms with van der Waals surface area (Å²) in [6, 6.07) is 9.70. The lowest BCUT2D eigenvalue weighted by Crippen LogP contribution is -2.14. The van der Waals surface area contributed by atoms with Crippen molar-refractivity contribution in [1.29, 1.82) is 0 Å². The van der Waals surface area contributed by atoms with Gasteiger partial charge in [-0.2, -0.15) is 0 Å². The first-order chi connectivity index (χ1) is 9.52. The fraction of sp³-hybridized carbons (Fsp3) is 0.0714. The molecule has 0 saturated heterocycles. The summed E-state index contributed by atoms with van der Waals surface area (Å²) >= 11 is 1.15. The molecule has 2 rings (SSSR count). The Morgan fingerprint density at radius 2 is 1.95 bits per heavy atom. The Balaban J connectivity index is 1.92. The second-order valence-corrected chi connectivity index (χ2v) is 5.12. The van der Waals surface area contributed by atoms with Gasteiger partial charge in [0.2, 0.25) is 5.91 Å². The van der Waals surface area contributed by atoms with Gasteiger partial charge in [0, 0.05) is 16.3 Å². The molecule has 0 aliphatic heterocycles. The van der Waals surface area contributed by atoms with Gasteiger partial charge in [0.25, 0.3) is 0 Å². The fourth-order valence-electron chi connectivity index (χ4n) is 1.58. The molecule has 0 aliphatic rings. The van der Waals surface area contributed by atoms with Crippen LogP contribution in [0.1, 0.15) is 0 Å². The topological polar surface area (TPSA) is 55.1 Å². The molecule has 0 heterocycles. The molecule has 0 radical (unpaired) electrons. The molecule has 0 unspecified atom stereocenters. The van der Waals surface area contributed by atoms with Crippen molar-refractivity contribution in [3.63, 3.8) is 0 Å². The number of halogens is 2. The van der Waals surface area contributed by atoms with Gasteiger partial charge < -0.3 is 11.1 Å². The number of hydrogen-bond acceptors (Lipinski definition) is 3. The highest BCUT2D eigenvalue weighted by Gasteiger charge is 2.06. The van der Waals surface area contributed by atoms with Crippen LogP contribution in [0.15, 0.2) is 47.4 Å². The van der Waals surface area contributed by atoms with E-state index in [4.69, 9.17) is 5.73 Å². The van der Waals surface area contributed by atoms with Crippen LogP contribution in [-0.4, -0.2) is 11.7 Å². The van der Waals surface area contributed by atoms with Crippen molar-refractivity contribution >= 4 is 29.0 Å². The van der Waals surface area contributed by atoms with Gasteiger partial charge in [-0.1, -0.05) is 6.07 Å². The van der Waals surface area contributed by atoms with E-state index >= 15 is 0 Å². The zero-order chi connectivity index (χ0) is 14.5. The Hall–Kier alpha value is -2.08. The second kappa shape index (κ2) is 6.38. The zero-order valence-electron chi connectivity index (χ0n) is 10.4. The van der Waals surface area contributed by atoms with Gasteiger partial charge in [-0.3, -0.25) is 4.79 Å². The van der Waals surface area contributed by atoms with E-state index in [1.165, 1.54) is 30.3 Å². The summed E-state index contributed by atoms with van der Waals surface area (Å²) in [5, 5.41) is 2.56. The molecule has 0 fully saturated rings. The highest BCUT2D eigenvalue weighted by atomic mass is 32.2. The first kappa shape index (κ1) is 14.3. The predicted molar refractivity (Wildman–Crippen MR) is 76.6 cm³/mol. The Morgan fingerprint density at radius 3 is 2.65 bits per heavy atom. The maximum Gasteiger partial charge on any atom is 0.234 e. The SMILES string of the molecule is Nc1cc(F)cc(SCC(=O)Nc2cccc(F)c2)c1. The van der Waals surface area contributed by atoms with Crippen LogP contribution >= 0.6 is 11.8 Å². The summed E-state index contributed by atoms with van der Waals surface area (Å²) in [5.41, 5.74) is 6.20. The Bertz CT molecular complexity index is 614. The Morgan fingerprint density at radius 1 is 1.15 bits per heavy atom. The molecule has 3 nitrogen and oxygen atoms in total. The van der Waals surface area contributed by atoms with E-state index in [1.807, 2.05) is 0 Å². The molecule has 104 valence electrons.